The van der Waals surface area contributed by atoms with Crippen LogP contribution >= 0.6 is 24.0 Å². The summed E-state index contributed by atoms with van der Waals surface area (Å²) in [4.78, 5) is 4.26. The summed E-state index contributed by atoms with van der Waals surface area (Å²) in [7, 11) is 3.73. The maximum atomic E-state index is 4.26. The highest BCUT2D eigenvalue weighted by atomic mass is 127. The molecular weight excluding hydrogens is 415 g/mol. The number of benzene rings is 1. The molecule has 0 spiro atoms. The van der Waals surface area contributed by atoms with Gasteiger partial charge in [-0.1, -0.05) is 36.8 Å². The van der Waals surface area contributed by atoms with Crippen LogP contribution in [0.1, 0.15) is 35.6 Å². The summed E-state index contributed by atoms with van der Waals surface area (Å²) in [5.41, 5.74) is 2.62. The molecule has 6 nitrogen and oxygen atoms in total. The fourth-order valence-electron chi connectivity index (χ4n) is 2.33. The number of rotatable bonds is 5. The van der Waals surface area contributed by atoms with E-state index < -0.39 is 0 Å². The van der Waals surface area contributed by atoms with Gasteiger partial charge in [0.1, 0.15) is 5.82 Å². The summed E-state index contributed by atoms with van der Waals surface area (Å²) in [6.45, 7) is 7.68. The highest BCUT2D eigenvalue weighted by Gasteiger charge is 2.08. The minimum atomic E-state index is 0. The molecule has 132 valence electrons. The monoisotopic (exact) mass is 442 g/mol. The second-order valence-corrected chi connectivity index (χ2v) is 5.84. The molecule has 0 aliphatic carbocycles. The van der Waals surface area contributed by atoms with Crippen LogP contribution in [0.15, 0.2) is 29.3 Å². The van der Waals surface area contributed by atoms with Gasteiger partial charge in [0.25, 0.3) is 0 Å². The van der Waals surface area contributed by atoms with Gasteiger partial charge in [-0.3, -0.25) is 4.99 Å². The predicted octanol–water partition coefficient (Wildman–Crippen LogP) is 2.52. The van der Waals surface area contributed by atoms with Gasteiger partial charge in [-0.15, -0.1) is 34.2 Å². The molecule has 0 saturated heterocycles. The van der Waals surface area contributed by atoms with E-state index in [-0.39, 0.29) is 24.0 Å². The van der Waals surface area contributed by atoms with E-state index in [0.29, 0.717) is 12.5 Å². The van der Waals surface area contributed by atoms with Crippen molar-refractivity contribution in [3.63, 3.8) is 0 Å². The summed E-state index contributed by atoms with van der Waals surface area (Å²) in [5, 5.41) is 14.8. The van der Waals surface area contributed by atoms with Crippen molar-refractivity contribution in [3.05, 3.63) is 47.0 Å². The van der Waals surface area contributed by atoms with Crippen molar-refractivity contribution in [2.24, 2.45) is 12.0 Å². The van der Waals surface area contributed by atoms with Crippen LogP contribution < -0.4 is 10.6 Å². The van der Waals surface area contributed by atoms with Crippen molar-refractivity contribution in [1.82, 2.24) is 25.4 Å². The zero-order valence-corrected chi connectivity index (χ0v) is 17.3. The number of aromatic nitrogens is 3. The van der Waals surface area contributed by atoms with Crippen LogP contribution in [0.5, 0.6) is 0 Å². The summed E-state index contributed by atoms with van der Waals surface area (Å²) in [6, 6.07) is 8.61. The van der Waals surface area contributed by atoms with E-state index in [1.807, 2.05) is 18.5 Å². The number of aryl methyl sites for hydroxylation is 2. The predicted molar refractivity (Wildman–Crippen MR) is 109 cm³/mol. The number of nitrogens with zero attached hydrogens (tertiary/aromatic N) is 4. The fraction of sp³-hybridized carbons (Fsp3) is 0.471. The maximum Gasteiger partial charge on any atom is 0.191 e. The Morgan fingerprint density at radius 3 is 2.58 bits per heavy atom. The molecule has 0 bridgehead atoms. The first-order valence-electron chi connectivity index (χ1n) is 7.87. The smallest absolute Gasteiger partial charge is 0.191 e. The molecular formula is C17H27IN6. The number of halogens is 1. The third-order valence-electron chi connectivity index (χ3n) is 4.01. The maximum absolute atomic E-state index is 4.26. The second-order valence-electron chi connectivity index (χ2n) is 5.84. The molecule has 2 N–H and O–H groups in total. The van der Waals surface area contributed by atoms with Crippen molar-refractivity contribution in [2.75, 3.05) is 13.6 Å². The average molecular weight is 442 g/mol. The molecule has 0 amide bonds. The third kappa shape index (κ3) is 5.47. The lowest BCUT2D eigenvalue weighted by molar-refractivity contribution is 0.681. The number of aliphatic imine (C=N–C) groups is 1. The van der Waals surface area contributed by atoms with Gasteiger partial charge in [0, 0.05) is 20.6 Å². The van der Waals surface area contributed by atoms with Gasteiger partial charge in [-0.2, -0.15) is 0 Å². The van der Waals surface area contributed by atoms with E-state index in [0.717, 1.165) is 24.2 Å². The highest BCUT2D eigenvalue weighted by Crippen LogP contribution is 2.15. The summed E-state index contributed by atoms with van der Waals surface area (Å²) >= 11 is 0. The van der Waals surface area contributed by atoms with Crippen LogP contribution in [0.3, 0.4) is 0 Å². The van der Waals surface area contributed by atoms with Gasteiger partial charge in [-0.05, 0) is 25.3 Å². The summed E-state index contributed by atoms with van der Waals surface area (Å²) in [6.07, 6.45) is 0. The Bertz CT molecular complexity index is 679. The second kappa shape index (κ2) is 9.61. The van der Waals surface area contributed by atoms with E-state index in [1.54, 1.807) is 7.05 Å². The Hall–Kier alpha value is -1.64. The lowest BCUT2D eigenvalue weighted by Gasteiger charge is -2.16. The van der Waals surface area contributed by atoms with Crippen LogP contribution in [0.2, 0.25) is 0 Å². The van der Waals surface area contributed by atoms with Crippen LogP contribution in [0, 0.1) is 13.8 Å². The molecule has 24 heavy (non-hydrogen) atoms. The van der Waals surface area contributed by atoms with Crippen LogP contribution in [-0.4, -0.2) is 34.3 Å². The van der Waals surface area contributed by atoms with E-state index >= 15 is 0 Å². The van der Waals surface area contributed by atoms with E-state index in [1.165, 1.54) is 11.1 Å². The number of hydrogen-bond donors (Lipinski definition) is 2. The Kier molecular flexibility index (Phi) is 8.17. The first-order valence-corrected chi connectivity index (χ1v) is 7.87. The standard InChI is InChI=1S/C17H26N6.HI/c1-12-7-6-8-15(9-12)13(2)10-19-17(18-4)20-11-16-22-21-14(3)23(16)5;/h6-9,13H,10-11H2,1-5H3,(H2,18,19,20);1H. The third-order valence-corrected chi connectivity index (χ3v) is 4.01. The largest absolute Gasteiger partial charge is 0.356 e. The molecule has 2 aromatic rings. The molecule has 1 aromatic carbocycles. The molecule has 1 heterocycles. The van der Waals surface area contributed by atoms with Gasteiger partial charge in [0.05, 0.1) is 6.54 Å². The highest BCUT2D eigenvalue weighted by molar-refractivity contribution is 14.0. The van der Waals surface area contributed by atoms with Crippen molar-refractivity contribution in [2.45, 2.75) is 33.2 Å². The Morgan fingerprint density at radius 1 is 1.25 bits per heavy atom. The summed E-state index contributed by atoms with van der Waals surface area (Å²) in [5.74, 6) is 2.96. The Balaban J connectivity index is 0.00000288. The molecule has 0 aliphatic heterocycles. The number of guanidine groups is 1. The molecule has 0 aliphatic rings. The van der Waals surface area contributed by atoms with Gasteiger partial charge in [0.2, 0.25) is 0 Å². The van der Waals surface area contributed by atoms with E-state index in [9.17, 15) is 0 Å². The molecule has 0 fully saturated rings. The van der Waals surface area contributed by atoms with Gasteiger partial charge < -0.3 is 15.2 Å². The molecule has 2 rings (SSSR count). The number of nitrogens with one attached hydrogen (secondary N) is 2. The van der Waals surface area contributed by atoms with Crippen LogP contribution in [0.25, 0.3) is 0 Å². The van der Waals surface area contributed by atoms with Gasteiger partial charge in [0.15, 0.2) is 11.8 Å². The van der Waals surface area contributed by atoms with Gasteiger partial charge >= 0.3 is 0 Å². The molecule has 0 radical (unpaired) electrons. The lowest BCUT2D eigenvalue weighted by atomic mass is 9.99. The summed E-state index contributed by atoms with van der Waals surface area (Å²) < 4.78 is 1.97. The first kappa shape index (κ1) is 20.4. The number of hydrogen-bond acceptors (Lipinski definition) is 3. The first-order chi connectivity index (χ1) is 11.0. The average Bonchev–Trinajstić information content (AvgIpc) is 2.86. The normalized spacial score (nSPS) is 12.5. The molecule has 0 saturated carbocycles. The SMILES string of the molecule is CN=C(NCc1nnc(C)n1C)NCC(C)c1cccc(C)c1.I. The Morgan fingerprint density at radius 2 is 2.00 bits per heavy atom. The minimum Gasteiger partial charge on any atom is -0.356 e. The van der Waals surface area contributed by atoms with Crippen LogP contribution in [-0.2, 0) is 13.6 Å². The zero-order chi connectivity index (χ0) is 16.8. The van der Waals surface area contributed by atoms with Crippen molar-refractivity contribution in [1.29, 1.82) is 0 Å². The van der Waals surface area contributed by atoms with Crippen molar-refractivity contribution >= 4 is 29.9 Å². The Labute approximate surface area is 161 Å². The van der Waals surface area contributed by atoms with Crippen LogP contribution in [0.4, 0.5) is 0 Å². The van der Waals surface area contributed by atoms with Crippen molar-refractivity contribution in [3.8, 4) is 0 Å². The molecule has 7 heteroatoms. The van der Waals surface area contributed by atoms with Crippen molar-refractivity contribution < 1.29 is 0 Å². The topological polar surface area (TPSA) is 67.1 Å². The molecule has 1 aromatic heterocycles. The van der Waals surface area contributed by atoms with E-state index in [4.69, 9.17) is 0 Å². The fourth-order valence-corrected chi connectivity index (χ4v) is 2.33. The van der Waals surface area contributed by atoms with E-state index in [2.05, 4.69) is 63.9 Å². The van der Waals surface area contributed by atoms with Gasteiger partial charge in [-0.25, -0.2) is 0 Å². The molecule has 1 atom stereocenters. The molecule has 1 unspecified atom stereocenters. The quantitative estimate of drug-likeness (QED) is 0.425. The minimum absolute atomic E-state index is 0. The zero-order valence-electron chi connectivity index (χ0n) is 15.0. The lowest BCUT2D eigenvalue weighted by Crippen LogP contribution is -2.39.